The molecular weight excluding hydrogens is 933 g/mol. The first kappa shape index (κ1) is 46.4. The Morgan fingerprint density at radius 2 is 1.08 bits per heavy atom. The van der Waals surface area contributed by atoms with E-state index in [-0.39, 0.29) is 6.04 Å². The first-order valence-electron chi connectivity index (χ1n) is 27.6. The summed E-state index contributed by atoms with van der Waals surface area (Å²) in [6.07, 6.45) is 30.6. The van der Waals surface area contributed by atoms with E-state index in [4.69, 9.17) is 0 Å². The van der Waals surface area contributed by atoms with Gasteiger partial charge >= 0.3 is 0 Å². The molecule has 0 N–H and O–H groups in total. The summed E-state index contributed by atoms with van der Waals surface area (Å²) in [4.78, 5) is 7.53. The standard InChI is InChI=1S/C73H60N4/c1-51-26-45-71-67(48-51)69-50-65(44-47-73(69)77(71)59-22-12-5-13-23-59)75(61-37-29-55(30-38-61)53-18-8-3-9-19-53)63-41-33-57(34-42-63)56-31-39-62(40-32-56)74(60-35-27-54(28-36-60)52-16-6-2-7-17-52)64-43-46-72-68(49-64)66-24-14-15-25-70(66)76(72)58-20-10-4-11-21-58/h2-12,14-20,22,24-45,47,49-51,58,72H,13,21,23,46,48H2,1H3. The van der Waals surface area contributed by atoms with Crippen LogP contribution < -0.4 is 14.7 Å². The molecule has 4 aliphatic carbocycles. The van der Waals surface area contributed by atoms with Crippen LogP contribution in [0, 0.1) is 5.92 Å². The Hall–Kier alpha value is -9.12. The van der Waals surface area contributed by atoms with E-state index < -0.39 is 0 Å². The van der Waals surface area contributed by atoms with Crippen LogP contribution in [-0.2, 0) is 6.42 Å². The summed E-state index contributed by atoms with van der Waals surface area (Å²) in [6, 6.07) is 74.6. The van der Waals surface area contributed by atoms with Crippen molar-refractivity contribution in [3.05, 3.63) is 283 Å². The van der Waals surface area contributed by atoms with Gasteiger partial charge in [-0.2, -0.15) is 0 Å². The second kappa shape index (κ2) is 19.9. The Kier molecular flexibility index (Phi) is 12.0. The molecule has 0 spiro atoms. The molecule has 3 atom stereocenters. The molecule has 1 aromatic heterocycles. The first-order chi connectivity index (χ1) is 38.1. The topological polar surface area (TPSA) is 14.7 Å². The average Bonchev–Trinajstić information content (AvgIpc) is 4.03. The monoisotopic (exact) mass is 992 g/mol. The van der Waals surface area contributed by atoms with E-state index in [1.165, 1.54) is 83.8 Å². The number of fused-ring (bicyclic) bond motifs is 6. The van der Waals surface area contributed by atoms with E-state index in [1.54, 1.807) is 0 Å². The molecule has 0 amide bonds. The third-order valence-corrected chi connectivity index (χ3v) is 16.4. The van der Waals surface area contributed by atoms with Crippen molar-refractivity contribution < 1.29 is 0 Å². The molecule has 1 aliphatic heterocycles. The number of hydrogen-bond acceptors (Lipinski definition) is 3. The first-order valence-corrected chi connectivity index (χ1v) is 27.6. The second-order valence-electron chi connectivity index (χ2n) is 21.2. The highest BCUT2D eigenvalue weighted by molar-refractivity contribution is 5.97. The summed E-state index contributed by atoms with van der Waals surface area (Å²) in [7, 11) is 0. The van der Waals surface area contributed by atoms with Crippen molar-refractivity contribution in [2.24, 2.45) is 5.92 Å². The highest BCUT2D eigenvalue weighted by atomic mass is 15.2. The minimum Gasteiger partial charge on any atom is -0.357 e. The van der Waals surface area contributed by atoms with Gasteiger partial charge < -0.3 is 19.3 Å². The number of anilines is 6. The van der Waals surface area contributed by atoms with E-state index in [2.05, 4.69) is 293 Å². The maximum atomic E-state index is 2.66. The molecule has 2 heterocycles. The zero-order chi connectivity index (χ0) is 51.2. The van der Waals surface area contributed by atoms with Gasteiger partial charge in [0.15, 0.2) is 0 Å². The lowest BCUT2D eigenvalue weighted by atomic mass is 9.92. The maximum Gasteiger partial charge on any atom is 0.0591 e. The molecule has 77 heavy (non-hydrogen) atoms. The quantitative estimate of drug-likeness (QED) is 0.128. The summed E-state index contributed by atoms with van der Waals surface area (Å²) in [5.74, 6) is 0.483. The molecule has 14 rings (SSSR count). The average molecular weight is 993 g/mol. The Balaban J connectivity index is 0.816. The third kappa shape index (κ3) is 8.60. The summed E-state index contributed by atoms with van der Waals surface area (Å²) >= 11 is 0. The number of aromatic nitrogens is 1. The molecule has 372 valence electrons. The fraction of sp³-hybridized carbons (Fsp3) is 0.123. The number of hydrogen-bond donors (Lipinski definition) is 0. The van der Waals surface area contributed by atoms with Crippen LogP contribution >= 0.6 is 0 Å². The number of nitrogens with zero attached hydrogens (tertiary/aromatic N) is 4. The molecule has 4 nitrogen and oxygen atoms in total. The van der Waals surface area contributed by atoms with Crippen molar-refractivity contribution in [2.45, 2.75) is 51.1 Å². The molecule has 0 saturated heterocycles. The fourth-order valence-electron chi connectivity index (χ4n) is 12.6. The Morgan fingerprint density at radius 3 is 1.66 bits per heavy atom. The summed E-state index contributed by atoms with van der Waals surface area (Å²) in [6.45, 7) is 2.34. The van der Waals surface area contributed by atoms with Gasteiger partial charge in [0.05, 0.1) is 17.6 Å². The lowest BCUT2D eigenvalue weighted by molar-refractivity contribution is 0.640. The molecule has 8 aromatic carbocycles. The largest absolute Gasteiger partial charge is 0.357 e. The van der Waals surface area contributed by atoms with Crippen LogP contribution in [0.1, 0.15) is 49.4 Å². The van der Waals surface area contributed by atoms with Crippen molar-refractivity contribution in [3.8, 4) is 33.4 Å². The molecule has 4 heteroatoms. The van der Waals surface area contributed by atoms with E-state index >= 15 is 0 Å². The second-order valence-corrected chi connectivity index (χ2v) is 21.2. The Morgan fingerprint density at radius 1 is 0.506 bits per heavy atom. The molecule has 0 saturated carbocycles. The number of benzene rings is 8. The fourth-order valence-corrected chi connectivity index (χ4v) is 12.6. The van der Waals surface area contributed by atoms with Crippen LogP contribution in [0.2, 0.25) is 0 Å². The van der Waals surface area contributed by atoms with Crippen LogP contribution in [0.3, 0.4) is 0 Å². The smallest absolute Gasteiger partial charge is 0.0591 e. The maximum absolute atomic E-state index is 2.66. The minimum atomic E-state index is 0.285. The van der Waals surface area contributed by atoms with Gasteiger partial charge in [0.1, 0.15) is 0 Å². The lowest BCUT2D eigenvalue weighted by Gasteiger charge is -2.36. The third-order valence-electron chi connectivity index (χ3n) is 16.4. The number of allylic oxidation sites excluding steroid dienone is 8. The van der Waals surface area contributed by atoms with Gasteiger partial charge in [-0.1, -0.05) is 183 Å². The van der Waals surface area contributed by atoms with Crippen LogP contribution in [0.25, 0.3) is 61.6 Å². The Bertz CT molecular complexity index is 3880. The van der Waals surface area contributed by atoms with Crippen molar-refractivity contribution >= 4 is 62.4 Å². The predicted octanol–water partition coefficient (Wildman–Crippen LogP) is 19.1. The van der Waals surface area contributed by atoms with Crippen molar-refractivity contribution in [3.63, 3.8) is 0 Å². The normalized spacial score (nSPS) is 18.1. The van der Waals surface area contributed by atoms with Crippen molar-refractivity contribution in [1.82, 2.24) is 4.57 Å². The molecule has 5 aliphatic rings. The van der Waals surface area contributed by atoms with Gasteiger partial charge in [0, 0.05) is 62.2 Å². The van der Waals surface area contributed by atoms with Crippen molar-refractivity contribution in [1.29, 1.82) is 0 Å². The van der Waals surface area contributed by atoms with Gasteiger partial charge in [-0.25, -0.2) is 0 Å². The van der Waals surface area contributed by atoms with Crippen LogP contribution in [-0.4, -0.2) is 16.7 Å². The Labute approximate surface area is 453 Å². The van der Waals surface area contributed by atoms with Crippen molar-refractivity contribution in [2.75, 3.05) is 14.7 Å². The highest BCUT2D eigenvalue weighted by Crippen LogP contribution is 2.49. The van der Waals surface area contributed by atoms with Gasteiger partial charge in [0.25, 0.3) is 0 Å². The lowest BCUT2D eigenvalue weighted by Crippen LogP contribution is -2.40. The van der Waals surface area contributed by atoms with Crippen LogP contribution in [0.5, 0.6) is 0 Å². The minimum absolute atomic E-state index is 0.285. The number of rotatable bonds is 11. The summed E-state index contributed by atoms with van der Waals surface area (Å²) < 4.78 is 2.52. The van der Waals surface area contributed by atoms with Gasteiger partial charge in [-0.3, -0.25) is 0 Å². The molecule has 0 bridgehead atoms. The molecule has 0 radical (unpaired) electrons. The molecule has 0 fully saturated rings. The zero-order valence-electron chi connectivity index (χ0n) is 43.5. The van der Waals surface area contributed by atoms with Gasteiger partial charge in [-0.05, 0) is 174 Å². The zero-order valence-corrected chi connectivity index (χ0v) is 43.5. The highest BCUT2D eigenvalue weighted by Gasteiger charge is 2.38. The SMILES string of the molecule is CC1C=Cc2c(c3cc(N(c4ccc(-c5ccccc5)cc4)c4ccc(-c5ccc(N(C6=CCC7C(=C6)c6ccccc6N7C6C=CC=CC6)c6ccc(-c7ccccc7)cc6)cc5)cc4)ccc3n2C2=CC=CCC2)C1. The van der Waals surface area contributed by atoms with E-state index in [1.807, 2.05) is 0 Å². The number of para-hydroxylation sites is 1. The van der Waals surface area contributed by atoms with Crippen LogP contribution in [0.4, 0.5) is 34.1 Å². The van der Waals surface area contributed by atoms with E-state index in [0.29, 0.717) is 12.0 Å². The molecule has 9 aromatic rings. The van der Waals surface area contributed by atoms with Gasteiger partial charge in [-0.15, -0.1) is 0 Å². The summed E-state index contributed by atoms with van der Waals surface area (Å²) in [5.41, 5.74) is 23.5. The van der Waals surface area contributed by atoms with Gasteiger partial charge in [0.2, 0.25) is 0 Å². The van der Waals surface area contributed by atoms with E-state index in [9.17, 15) is 0 Å². The molecular formula is C73H60N4. The summed E-state index contributed by atoms with van der Waals surface area (Å²) in [5, 5.41) is 1.33. The molecule has 3 unspecified atom stereocenters. The van der Waals surface area contributed by atoms with Crippen LogP contribution in [0.15, 0.2) is 267 Å². The van der Waals surface area contributed by atoms with E-state index in [0.717, 1.165) is 60.5 Å². The predicted molar refractivity (Wildman–Crippen MR) is 326 cm³/mol.